The zero-order chi connectivity index (χ0) is 25.7. The van der Waals surface area contributed by atoms with Gasteiger partial charge in [-0.15, -0.1) is 12.2 Å². The van der Waals surface area contributed by atoms with Gasteiger partial charge in [-0.2, -0.15) is 0 Å². The standard InChI is InChI=1S/C22H40O3.2C3H7O.Al/c1-2-3-4-5-6-7-8-9-10-11-12-13-14-15-16-17-18-19-21(23)20-22(24)25;2*1-3(2)4;/h9-10H,2-8,11-20H2,1H3,(H,24,25);2*3H,1-2H3;/q;2*-1;+3/p-1. The molecular formula is C28H53AlO5. The molecule has 0 aliphatic carbocycles. The maximum absolute atomic E-state index is 11.2. The van der Waals surface area contributed by atoms with Crippen LogP contribution in [-0.4, -0.2) is 41.3 Å². The van der Waals surface area contributed by atoms with Crippen LogP contribution in [0.5, 0.6) is 0 Å². The molecule has 0 heterocycles. The summed E-state index contributed by atoms with van der Waals surface area (Å²) >= 11 is 0. The van der Waals surface area contributed by atoms with Gasteiger partial charge in [0, 0.05) is 18.8 Å². The Morgan fingerprint density at radius 2 is 0.971 bits per heavy atom. The molecule has 34 heavy (non-hydrogen) atoms. The van der Waals surface area contributed by atoms with E-state index in [1.54, 1.807) is 27.7 Å². The van der Waals surface area contributed by atoms with E-state index in [1.165, 1.54) is 77.0 Å². The van der Waals surface area contributed by atoms with Crippen LogP contribution in [0.15, 0.2) is 12.2 Å². The average molecular weight is 497 g/mol. The van der Waals surface area contributed by atoms with Crippen molar-refractivity contribution in [2.45, 2.75) is 156 Å². The molecular weight excluding hydrogens is 443 g/mol. The Morgan fingerprint density at radius 1 is 0.647 bits per heavy atom. The molecule has 0 aromatic rings. The second kappa shape index (κ2) is 34.5. The number of allylic oxidation sites excluding steroid dienone is 2. The predicted molar refractivity (Wildman–Crippen MR) is 139 cm³/mol. The Bertz CT molecular complexity index is 425. The van der Waals surface area contributed by atoms with E-state index < -0.39 is 24.6 Å². The minimum atomic E-state index is -1.26. The number of carbonyl (C=O) groups is 2. The second-order valence-corrected chi connectivity index (χ2v) is 9.23. The van der Waals surface area contributed by atoms with E-state index in [2.05, 4.69) is 19.1 Å². The van der Waals surface area contributed by atoms with Crippen LogP contribution in [0.3, 0.4) is 0 Å². The van der Waals surface area contributed by atoms with Crippen LogP contribution in [0, 0.1) is 0 Å². The predicted octanol–water partition coefficient (Wildman–Crippen LogP) is 4.64. The first-order valence-electron chi connectivity index (χ1n) is 13.3. The molecule has 0 aromatic heterocycles. The first-order valence-corrected chi connectivity index (χ1v) is 13.3. The Kier molecular flexibility index (Phi) is 41.1. The zero-order valence-corrected chi connectivity index (χ0v) is 24.1. The van der Waals surface area contributed by atoms with Crippen LogP contribution < -0.4 is 15.3 Å². The Balaban J connectivity index is -0.000000430. The van der Waals surface area contributed by atoms with Crippen LogP contribution in [0.25, 0.3) is 0 Å². The molecule has 0 aromatic carbocycles. The third kappa shape index (κ3) is 57.8. The summed E-state index contributed by atoms with van der Waals surface area (Å²) < 4.78 is 0. The molecule has 0 spiro atoms. The monoisotopic (exact) mass is 496 g/mol. The third-order valence-corrected chi connectivity index (χ3v) is 4.56. The number of ketones is 1. The SMILES string of the molecule is CC(C)[O-].CC(C)[O-].CCCCCCCCC=CCCCCCCCCCC(=O)CC(=O)[O-].[Al+3]. The van der Waals surface area contributed by atoms with Crippen LogP contribution >= 0.6 is 0 Å². The number of rotatable bonds is 19. The van der Waals surface area contributed by atoms with Crippen molar-refractivity contribution in [2.24, 2.45) is 0 Å². The quantitative estimate of drug-likeness (QED) is 0.112. The fraction of sp³-hybridized carbons (Fsp3) is 0.857. The van der Waals surface area contributed by atoms with Crippen molar-refractivity contribution in [3.8, 4) is 0 Å². The molecule has 6 heteroatoms. The summed E-state index contributed by atoms with van der Waals surface area (Å²) in [5.74, 6) is -1.46. The summed E-state index contributed by atoms with van der Waals surface area (Å²) in [6.07, 6.45) is 22.5. The molecule has 0 atom stereocenters. The van der Waals surface area contributed by atoms with Crippen molar-refractivity contribution in [1.29, 1.82) is 0 Å². The van der Waals surface area contributed by atoms with E-state index in [1.807, 2.05) is 0 Å². The molecule has 0 N–H and O–H groups in total. The number of Topliss-reactive ketones (excluding diaryl/α,β-unsaturated/α-hetero) is 1. The maximum Gasteiger partial charge on any atom is 3.00 e. The van der Waals surface area contributed by atoms with Crippen molar-refractivity contribution < 1.29 is 24.9 Å². The number of aliphatic carboxylic acids is 1. The van der Waals surface area contributed by atoms with E-state index in [0.29, 0.717) is 6.42 Å². The summed E-state index contributed by atoms with van der Waals surface area (Å²) in [6, 6.07) is 0. The zero-order valence-electron chi connectivity index (χ0n) is 22.9. The van der Waals surface area contributed by atoms with Crippen LogP contribution in [0.2, 0.25) is 0 Å². The van der Waals surface area contributed by atoms with Gasteiger partial charge in [0.25, 0.3) is 0 Å². The summed E-state index contributed by atoms with van der Waals surface area (Å²) in [7, 11) is 0. The van der Waals surface area contributed by atoms with Gasteiger partial charge in [0.05, 0.1) is 0 Å². The van der Waals surface area contributed by atoms with Gasteiger partial charge < -0.3 is 20.1 Å². The number of carboxylic acid groups (broad SMARTS) is 1. The van der Waals surface area contributed by atoms with E-state index in [-0.39, 0.29) is 23.1 Å². The number of hydrogen-bond acceptors (Lipinski definition) is 5. The average Bonchev–Trinajstić information content (AvgIpc) is 2.69. The molecule has 0 unspecified atom stereocenters. The minimum absolute atomic E-state index is 0. The summed E-state index contributed by atoms with van der Waals surface area (Å²) in [5.41, 5.74) is 0. The fourth-order valence-electron chi connectivity index (χ4n) is 3.00. The normalized spacial score (nSPS) is 10.4. The molecule has 0 radical (unpaired) electrons. The van der Waals surface area contributed by atoms with Crippen molar-refractivity contribution in [3.63, 3.8) is 0 Å². The molecule has 0 aliphatic rings. The molecule has 0 saturated carbocycles. The smallest absolute Gasteiger partial charge is 0.852 e. The van der Waals surface area contributed by atoms with Gasteiger partial charge in [0.15, 0.2) is 0 Å². The van der Waals surface area contributed by atoms with E-state index in [9.17, 15) is 24.9 Å². The van der Waals surface area contributed by atoms with Gasteiger partial charge in [-0.25, -0.2) is 0 Å². The van der Waals surface area contributed by atoms with Crippen molar-refractivity contribution >= 4 is 29.1 Å². The molecule has 0 amide bonds. The van der Waals surface area contributed by atoms with Gasteiger partial charge in [-0.05, 0) is 32.1 Å². The number of unbranched alkanes of at least 4 members (excludes halogenated alkanes) is 13. The summed E-state index contributed by atoms with van der Waals surface area (Å²) in [4.78, 5) is 21.4. The van der Waals surface area contributed by atoms with E-state index in [0.717, 1.165) is 19.3 Å². The summed E-state index contributed by atoms with van der Waals surface area (Å²) in [6.45, 7) is 8.70. The van der Waals surface area contributed by atoms with Crippen LogP contribution in [0.1, 0.15) is 144 Å². The molecule has 5 nitrogen and oxygen atoms in total. The van der Waals surface area contributed by atoms with Crippen molar-refractivity contribution in [1.82, 2.24) is 0 Å². The van der Waals surface area contributed by atoms with Gasteiger partial charge in [-0.1, -0.05) is 111 Å². The molecule has 0 fully saturated rings. The first kappa shape index (κ1) is 40.5. The fourth-order valence-corrected chi connectivity index (χ4v) is 3.00. The first-order chi connectivity index (χ1) is 15.6. The molecule has 0 rings (SSSR count). The topological polar surface area (TPSA) is 103 Å². The molecule has 198 valence electrons. The Morgan fingerprint density at radius 3 is 1.32 bits per heavy atom. The maximum atomic E-state index is 11.2. The second-order valence-electron chi connectivity index (χ2n) is 9.23. The number of carbonyl (C=O) groups excluding carboxylic acids is 2. The van der Waals surface area contributed by atoms with Crippen molar-refractivity contribution in [3.05, 3.63) is 12.2 Å². The van der Waals surface area contributed by atoms with Gasteiger partial charge in [0.1, 0.15) is 5.78 Å². The van der Waals surface area contributed by atoms with Crippen LogP contribution in [0.4, 0.5) is 0 Å². The minimum Gasteiger partial charge on any atom is -0.852 e. The molecule has 0 saturated heterocycles. The molecule has 0 bridgehead atoms. The Labute approximate surface area is 221 Å². The van der Waals surface area contributed by atoms with Crippen molar-refractivity contribution in [2.75, 3.05) is 0 Å². The van der Waals surface area contributed by atoms with Gasteiger partial charge >= 0.3 is 17.4 Å². The van der Waals surface area contributed by atoms with E-state index >= 15 is 0 Å². The summed E-state index contributed by atoms with van der Waals surface area (Å²) in [5, 5.41) is 29.3. The number of carboxylic acids is 1. The van der Waals surface area contributed by atoms with Gasteiger partial charge in [0.2, 0.25) is 0 Å². The Hall–Kier alpha value is -0.668. The van der Waals surface area contributed by atoms with E-state index in [4.69, 9.17) is 0 Å². The number of hydrogen-bond donors (Lipinski definition) is 0. The molecule has 0 aliphatic heterocycles. The van der Waals surface area contributed by atoms with Gasteiger partial charge in [-0.3, -0.25) is 4.79 Å². The largest absolute Gasteiger partial charge is 3.00 e. The third-order valence-electron chi connectivity index (χ3n) is 4.56. The van der Waals surface area contributed by atoms with Crippen LogP contribution in [-0.2, 0) is 9.59 Å².